The first-order valence-corrected chi connectivity index (χ1v) is 10.2. The summed E-state index contributed by atoms with van der Waals surface area (Å²) >= 11 is 0. The normalized spacial score (nSPS) is 39.0. The Morgan fingerprint density at radius 3 is 2.30 bits per heavy atom. The number of hydrogen-bond acceptors (Lipinski definition) is 9. The fourth-order valence-electron chi connectivity index (χ4n) is 2.69. The zero-order valence-electron chi connectivity index (χ0n) is 10.6. The first kappa shape index (κ1) is 17.3. The molecule has 0 aliphatic carbocycles. The molecule has 3 heterocycles. The first-order valence-electron chi connectivity index (χ1n) is 5.84. The molecule has 0 amide bonds. The van der Waals surface area contributed by atoms with Crippen LogP contribution in [0.2, 0.25) is 0 Å². The van der Waals surface area contributed by atoms with Gasteiger partial charge in [-0.3, -0.25) is 4.18 Å². The highest BCUT2D eigenvalue weighted by Gasteiger charge is 2.67. The van der Waals surface area contributed by atoms with Gasteiger partial charge in [0.25, 0.3) is 10.1 Å². The molecule has 1 N–H and O–H groups in total. The molecule has 0 saturated carbocycles. The predicted octanol–water partition coefficient (Wildman–Crippen LogP) is -1.68. The predicted molar refractivity (Wildman–Crippen MR) is 62.8 cm³/mol. The summed E-state index contributed by atoms with van der Waals surface area (Å²) in [5, 5.41) is -1.01. The van der Waals surface area contributed by atoms with Crippen LogP contribution in [0, 0.1) is 0 Å². The van der Waals surface area contributed by atoms with Gasteiger partial charge in [-0.05, 0) is 6.42 Å². The minimum atomic E-state index is -6.21. The zero-order chi connectivity index (χ0) is 17.4. The fourth-order valence-corrected chi connectivity index (χ4v) is 6.47. The van der Waals surface area contributed by atoms with E-state index in [2.05, 4.69) is 8.37 Å². The lowest BCUT2D eigenvalue weighted by Crippen LogP contribution is -2.46. The van der Waals surface area contributed by atoms with Crippen molar-refractivity contribution in [1.29, 1.82) is 0 Å². The number of alkyl halides is 3. The molecule has 3 aliphatic rings. The number of hydrogen-bond donors (Lipinski definition) is 1. The van der Waals surface area contributed by atoms with Gasteiger partial charge in [0.15, 0.2) is 0 Å². The summed E-state index contributed by atoms with van der Waals surface area (Å²) in [6.45, 7) is 0. The van der Waals surface area contributed by atoms with Crippen LogP contribution < -0.4 is 4.13 Å². The molecule has 3 rings (SSSR count). The number of fused-ring (bicyclic) bond motifs is 1. The third-order valence-electron chi connectivity index (χ3n) is 3.55. The SMILES string of the molecule is O=S(=O)(NS(=O)(=O)C(F)(F)F)OC1C2CC3C(O2)C1OS3(=O)=O. The lowest BCUT2D eigenvalue weighted by Gasteiger charge is -2.21. The van der Waals surface area contributed by atoms with E-state index >= 15 is 0 Å². The number of sulfonamides is 1. The second kappa shape index (κ2) is 4.77. The standard InChI is InChI=1S/C7H8F3NO9S3/c8-7(9,10)22(14,15)11-23(16,17)20-4-2-1-3-5(18-2)6(4)19-21(3,12)13/h2-6,11H,1H2. The number of nitrogens with one attached hydrogen (secondary N) is 1. The molecule has 2 bridgehead atoms. The highest BCUT2D eigenvalue weighted by Crippen LogP contribution is 2.48. The summed E-state index contributed by atoms with van der Waals surface area (Å²) in [4.78, 5) is 0. The van der Waals surface area contributed by atoms with Crippen molar-refractivity contribution in [3.05, 3.63) is 0 Å². The van der Waals surface area contributed by atoms with Crippen LogP contribution in [0.1, 0.15) is 6.42 Å². The molecule has 0 aromatic carbocycles. The molecule has 16 heteroatoms. The molecule has 5 atom stereocenters. The van der Waals surface area contributed by atoms with Gasteiger partial charge >= 0.3 is 25.8 Å². The van der Waals surface area contributed by atoms with E-state index < -0.39 is 65.6 Å². The van der Waals surface area contributed by atoms with Crippen molar-refractivity contribution in [3.63, 3.8) is 0 Å². The van der Waals surface area contributed by atoms with Gasteiger partial charge < -0.3 is 4.74 Å². The summed E-state index contributed by atoms with van der Waals surface area (Å²) < 4.78 is 119. The molecule has 134 valence electrons. The monoisotopic (exact) mass is 403 g/mol. The Labute approximate surface area is 128 Å². The van der Waals surface area contributed by atoms with E-state index in [9.17, 15) is 38.4 Å². The fraction of sp³-hybridized carbons (Fsp3) is 1.00. The largest absolute Gasteiger partial charge is 0.512 e. The van der Waals surface area contributed by atoms with Crippen molar-refractivity contribution in [2.45, 2.75) is 41.6 Å². The Kier molecular flexibility index (Phi) is 3.59. The molecule has 0 spiro atoms. The Morgan fingerprint density at radius 1 is 1.13 bits per heavy atom. The summed E-state index contributed by atoms with van der Waals surface area (Å²) in [5.74, 6) is 0. The molecular weight excluding hydrogens is 395 g/mol. The highest BCUT2D eigenvalue weighted by molar-refractivity contribution is 8.03. The average Bonchev–Trinajstić information content (AvgIpc) is 2.90. The third-order valence-corrected chi connectivity index (χ3v) is 8.02. The van der Waals surface area contributed by atoms with Gasteiger partial charge in [-0.15, -0.1) is 0 Å². The van der Waals surface area contributed by atoms with Gasteiger partial charge in [-0.1, -0.05) is 4.13 Å². The minimum Gasteiger partial charge on any atom is -0.368 e. The van der Waals surface area contributed by atoms with Crippen molar-refractivity contribution < 1.29 is 51.5 Å². The number of halogens is 3. The van der Waals surface area contributed by atoms with Gasteiger partial charge in [0.05, 0.1) is 6.10 Å². The maximum Gasteiger partial charge on any atom is 0.512 e. The summed E-state index contributed by atoms with van der Waals surface area (Å²) in [6, 6.07) is 0. The summed E-state index contributed by atoms with van der Waals surface area (Å²) in [7, 11) is -15.6. The van der Waals surface area contributed by atoms with Crippen LogP contribution in [0.4, 0.5) is 13.2 Å². The molecule has 0 radical (unpaired) electrons. The van der Waals surface area contributed by atoms with Gasteiger partial charge in [0.2, 0.25) is 0 Å². The van der Waals surface area contributed by atoms with Crippen LogP contribution in [0.3, 0.4) is 0 Å². The molecule has 3 aliphatic heterocycles. The van der Waals surface area contributed by atoms with E-state index in [0.717, 1.165) is 0 Å². The van der Waals surface area contributed by atoms with Crippen LogP contribution in [0.25, 0.3) is 0 Å². The lowest BCUT2D eigenvalue weighted by atomic mass is 9.95. The first-order chi connectivity index (χ1) is 10.2. The Morgan fingerprint density at radius 2 is 1.74 bits per heavy atom. The maximum atomic E-state index is 12.2. The van der Waals surface area contributed by atoms with E-state index in [1.807, 2.05) is 0 Å². The molecule has 3 saturated heterocycles. The van der Waals surface area contributed by atoms with Crippen molar-refractivity contribution in [3.8, 4) is 0 Å². The van der Waals surface area contributed by atoms with E-state index in [1.54, 1.807) is 0 Å². The van der Waals surface area contributed by atoms with Gasteiger partial charge in [0.1, 0.15) is 23.6 Å². The number of rotatable bonds is 4. The summed E-state index contributed by atoms with van der Waals surface area (Å²) in [6.07, 6.45) is -5.18. The molecule has 10 nitrogen and oxygen atoms in total. The second-order valence-electron chi connectivity index (χ2n) is 5.01. The highest BCUT2D eigenvalue weighted by atomic mass is 32.3. The third kappa shape index (κ3) is 2.75. The van der Waals surface area contributed by atoms with E-state index in [0.29, 0.717) is 4.13 Å². The molecule has 3 fully saturated rings. The smallest absolute Gasteiger partial charge is 0.368 e. The van der Waals surface area contributed by atoms with Crippen molar-refractivity contribution in [1.82, 2.24) is 4.13 Å². The van der Waals surface area contributed by atoms with Crippen LogP contribution in [0.15, 0.2) is 0 Å². The average molecular weight is 403 g/mol. The Hall–Kier alpha value is -0.520. The van der Waals surface area contributed by atoms with E-state index in [4.69, 9.17) is 4.74 Å². The van der Waals surface area contributed by atoms with Crippen LogP contribution in [-0.2, 0) is 43.5 Å². The number of ether oxygens (including phenoxy) is 1. The molecule has 0 aromatic heterocycles. The lowest BCUT2D eigenvalue weighted by molar-refractivity contribution is -0.0443. The van der Waals surface area contributed by atoms with Crippen LogP contribution >= 0.6 is 0 Å². The van der Waals surface area contributed by atoms with Crippen molar-refractivity contribution >= 4 is 30.4 Å². The molecular formula is C7H8F3NO9S3. The quantitative estimate of drug-likeness (QED) is 0.545. The molecule has 5 unspecified atom stereocenters. The zero-order valence-corrected chi connectivity index (χ0v) is 13.1. The maximum absolute atomic E-state index is 12.2. The minimum absolute atomic E-state index is 0.171. The Balaban J connectivity index is 1.79. The van der Waals surface area contributed by atoms with Crippen molar-refractivity contribution in [2.24, 2.45) is 0 Å². The molecule has 23 heavy (non-hydrogen) atoms. The van der Waals surface area contributed by atoms with Crippen LogP contribution in [-0.4, -0.2) is 60.4 Å². The Bertz CT molecular complexity index is 832. The topological polar surface area (TPSA) is 142 Å². The van der Waals surface area contributed by atoms with Gasteiger partial charge in [-0.2, -0.15) is 30.0 Å². The molecule has 0 aromatic rings. The summed E-state index contributed by atoms with van der Waals surface area (Å²) in [5.41, 5.74) is -5.87. The van der Waals surface area contributed by atoms with E-state index in [1.165, 1.54) is 0 Å². The van der Waals surface area contributed by atoms with Crippen molar-refractivity contribution in [2.75, 3.05) is 0 Å². The van der Waals surface area contributed by atoms with Gasteiger partial charge in [-0.25, -0.2) is 12.6 Å². The van der Waals surface area contributed by atoms with Crippen LogP contribution in [0.5, 0.6) is 0 Å². The van der Waals surface area contributed by atoms with E-state index in [-0.39, 0.29) is 6.42 Å². The second-order valence-corrected chi connectivity index (χ2v) is 10.0. The van der Waals surface area contributed by atoms with Gasteiger partial charge in [0, 0.05) is 0 Å².